The van der Waals surface area contributed by atoms with Gasteiger partial charge in [0.25, 0.3) is 0 Å². The van der Waals surface area contributed by atoms with Crippen molar-refractivity contribution in [2.24, 2.45) is 0 Å². The second kappa shape index (κ2) is 5.03. The first-order valence-electron chi connectivity index (χ1n) is 7.88. The van der Waals surface area contributed by atoms with E-state index in [4.69, 9.17) is 0 Å². The molecule has 0 radical (unpaired) electrons. The SMILES string of the molecule is CC1c2cc(F)ccc2N2C=CN(c3ccc(F)cc3)C2C1(C)F. The van der Waals surface area contributed by atoms with Gasteiger partial charge in [-0.1, -0.05) is 6.92 Å². The maximum atomic E-state index is 15.7. The largest absolute Gasteiger partial charge is 0.322 e. The first-order chi connectivity index (χ1) is 11.4. The molecule has 2 nitrogen and oxygen atoms in total. The minimum Gasteiger partial charge on any atom is -0.322 e. The topological polar surface area (TPSA) is 6.48 Å². The van der Waals surface area contributed by atoms with Gasteiger partial charge in [0.2, 0.25) is 0 Å². The normalized spacial score (nSPS) is 28.0. The summed E-state index contributed by atoms with van der Waals surface area (Å²) in [5.41, 5.74) is 0.534. The van der Waals surface area contributed by atoms with Gasteiger partial charge in [-0.15, -0.1) is 0 Å². The molecule has 124 valence electrons. The highest BCUT2D eigenvalue weighted by Crippen LogP contribution is 2.50. The summed E-state index contributed by atoms with van der Waals surface area (Å²) >= 11 is 0. The van der Waals surface area contributed by atoms with Gasteiger partial charge in [0.15, 0.2) is 5.67 Å². The third-order valence-corrected chi connectivity index (χ3v) is 5.13. The van der Waals surface area contributed by atoms with Crippen LogP contribution in [-0.4, -0.2) is 11.8 Å². The molecule has 0 fully saturated rings. The fourth-order valence-corrected chi connectivity index (χ4v) is 3.67. The highest BCUT2D eigenvalue weighted by atomic mass is 19.1. The molecule has 0 spiro atoms. The number of alkyl halides is 1. The first kappa shape index (κ1) is 15.1. The molecule has 2 aromatic rings. The summed E-state index contributed by atoms with van der Waals surface area (Å²) in [6.07, 6.45) is 2.96. The summed E-state index contributed by atoms with van der Waals surface area (Å²) < 4.78 is 42.6. The Morgan fingerprint density at radius 1 is 0.917 bits per heavy atom. The van der Waals surface area contributed by atoms with Crippen molar-refractivity contribution < 1.29 is 13.2 Å². The summed E-state index contributed by atoms with van der Waals surface area (Å²) in [4.78, 5) is 3.61. The molecule has 0 saturated carbocycles. The van der Waals surface area contributed by atoms with Gasteiger partial charge >= 0.3 is 0 Å². The molecule has 24 heavy (non-hydrogen) atoms. The van der Waals surface area contributed by atoms with Gasteiger partial charge in [-0.25, -0.2) is 13.2 Å². The van der Waals surface area contributed by atoms with Crippen LogP contribution in [0.3, 0.4) is 0 Å². The lowest BCUT2D eigenvalue weighted by molar-refractivity contribution is 0.114. The molecule has 4 rings (SSSR count). The molecule has 5 heteroatoms. The van der Waals surface area contributed by atoms with E-state index in [1.54, 1.807) is 42.4 Å². The van der Waals surface area contributed by atoms with Crippen molar-refractivity contribution in [3.63, 3.8) is 0 Å². The van der Waals surface area contributed by atoms with Gasteiger partial charge in [-0.2, -0.15) is 0 Å². The van der Waals surface area contributed by atoms with Crippen molar-refractivity contribution in [3.05, 3.63) is 72.1 Å². The maximum Gasteiger partial charge on any atom is 0.154 e. The Labute approximate surface area is 138 Å². The molecule has 0 bridgehead atoms. The average molecular weight is 330 g/mol. The van der Waals surface area contributed by atoms with Gasteiger partial charge in [0, 0.05) is 29.7 Å². The molecule has 0 saturated heterocycles. The summed E-state index contributed by atoms with van der Waals surface area (Å²) in [5, 5.41) is 0. The lowest BCUT2D eigenvalue weighted by atomic mass is 9.79. The maximum absolute atomic E-state index is 15.7. The fraction of sp³-hybridized carbons (Fsp3) is 0.263. The van der Waals surface area contributed by atoms with E-state index in [-0.39, 0.29) is 11.6 Å². The zero-order valence-corrected chi connectivity index (χ0v) is 13.4. The number of hydrogen-bond donors (Lipinski definition) is 0. The predicted molar refractivity (Wildman–Crippen MR) is 88.6 cm³/mol. The van der Waals surface area contributed by atoms with Crippen LogP contribution in [0.5, 0.6) is 0 Å². The lowest BCUT2D eigenvalue weighted by Crippen LogP contribution is -2.58. The highest BCUT2D eigenvalue weighted by Gasteiger charge is 2.52. The van der Waals surface area contributed by atoms with Gasteiger partial charge < -0.3 is 9.80 Å². The van der Waals surface area contributed by atoms with Crippen LogP contribution in [-0.2, 0) is 0 Å². The fourth-order valence-electron chi connectivity index (χ4n) is 3.67. The molecular formula is C19H17F3N2. The Kier molecular flexibility index (Phi) is 3.17. The number of halogens is 3. The highest BCUT2D eigenvalue weighted by molar-refractivity contribution is 5.68. The standard InChI is InChI=1S/C19H17F3N2/c1-12-16-11-14(21)5-8-17(16)24-10-9-23(18(24)19(12,2)22)15-6-3-13(20)4-7-15/h3-12,18H,1-2H3. The van der Waals surface area contributed by atoms with Crippen LogP contribution in [0.25, 0.3) is 0 Å². The van der Waals surface area contributed by atoms with Crippen molar-refractivity contribution in [3.8, 4) is 0 Å². The van der Waals surface area contributed by atoms with Gasteiger partial charge in [0.05, 0.1) is 0 Å². The third kappa shape index (κ3) is 2.04. The van der Waals surface area contributed by atoms with Crippen molar-refractivity contribution in [1.29, 1.82) is 0 Å². The van der Waals surface area contributed by atoms with Crippen molar-refractivity contribution in [2.75, 3.05) is 9.80 Å². The van der Waals surface area contributed by atoms with Gasteiger partial charge in [-0.3, -0.25) is 0 Å². The van der Waals surface area contributed by atoms with Crippen LogP contribution in [0.2, 0.25) is 0 Å². The molecule has 2 heterocycles. The third-order valence-electron chi connectivity index (χ3n) is 5.13. The first-order valence-corrected chi connectivity index (χ1v) is 7.88. The molecule has 3 unspecified atom stereocenters. The zero-order chi connectivity index (χ0) is 17.1. The molecular weight excluding hydrogens is 313 g/mol. The Hall–Kier alpha value is -2.43. The quantitative estimate of drug-likeness (QED) is 0.731. The number of benzene rings is 2. The van der Waals surface area contributed by atoms with Crippen LogP contribution in [0.4, 0.5) is 24.5 Å². The Balaban J connectivity index is 1.83. The summed E-state index contributed by atoms with van der Waals surface area (Å²) in [6, 6.07) is 10.4. The average Bonchev–Trinajstić information content (AvgIpc) is 2.99. The number of nitrogens with zero attached hydrogens (tertiary/aromatic N) is 2. The van der Waals surface area contributed by atoms with E-state index in [1.165, 1.54) is 31.2 Å². The zero-order valence-electron chi connectivity index (χ0n) is 13.4. The molecule has 0 aromatic heterocycles. The van der Waals surface area contributed by atoms with Crippen LogP contribution < -0.4 is 9.80 Å². The molecule has 3 atom stereocenters. The number of fused-ring (bicyclic) bond motifs is 3. The molecule has 0 amide bonds. The second-order valence-electron chi connectivity index (χ2n) is 6.54. The smallest absolute Gasteiger partial charge is 0.154 e. The van der Waals surface area contributed by atoms with Crippen molar-refractivity contribution in [1.82, 2.24) is 0 Å². The van der Waals surface area contributed by atoms with Crippen molar-refractivity contribution >= 4 is 11.4 Å². The van der Waals surface area contributed by atoms with Crippen molar-refractivity contribution in [2.45, 2.75) is 31.6 Å². The Morgan fingerprint density at radius 3 is 2.25 bits per heavy atom. The number of hydrogen-bond acceptors (Lipinski definition) is 2. The Morgan fingerprint density at radius 2 is 1.54 bits per heavy atom. The summed E-state index contributed by atoms with van der Waals surface area (Å²) in [7, 11) is 0. The molecule has 0 aliphatic carbocycles. The van der Waals surface area contributed by atoms with Gasteiger partial charge in [0.1, 0.15) is 17.8 Å². The number of rotatable bonds is 1. The van der Waals surface area contributed by atoms with E-state index in [0.717, 1.165) is 5.69 Å². The monoisotopic (exact) mass is 330 g/mol. The van der Waals surface area contributed by atoms with Crippen LogP contribution in [0.15, 0.2) is 54.9 Å². The Bertz CT molecular complexity index is 814. The molecule has 2 aliphatic rings. The summed E-state index contributed by atoms with van der Waals surface area (Å²) in [5.74, 6) is -1.18. The van der Waals surface area contributed by atoms with Crippen LogP contribution in [0.1, 0.15) is 25.3 Å². The predicted octanol–water partition coefficient (Wildman–Crippen LogP) is 4.93. The minimum atomic E-state index is -1.63. The van der Waals surface area contributed by atoms with E-state index in [9.17, 15) is 8.78 Å². The van der Waals surface area contributed by atoms with E-state index in [0.29, 0.717) is 11.3 Å². The van der Waals surface area contributed by atoms with E-state index < -0.39 is 17.8 Å². The van der Waals surface area contributed by atoms with E-state index >= 15 is 4.39 Å². The van der Waals surface area contributed by atoms with E-state index in [1.807, 2.05) is 4.90 Å². The minimum absolute atomic E-state index is 0.334. The van der Waals surface area contributed by atoms with Crippen LogP contribution in [0, 0.1) is 11.6 Å². The molecule has 2 aliphatic heterocycles. The lowest BCUT2D eigenvalue weighted by Gasteiger charge is -2.48. The second-order valence-corrected chi connectivity index (χ2v) is 6.54. The number of anilines is 2. The molecule has 0 N–H and O–H groups in total. The van der Waals surface area contributed by atoms with Crippen LogP contribution >= 0.6 is 0 Å². The summed E-state index contributed by atoms with van der Waals surface area (Å²) in [6.45, 7) is 3.31. The molecule has 2 aromatic carbocycles. The van der Waals surface area contributed by atoms with E-state index in [2.05, 4.69) is 0 Å². The van der Waals surface area contributed by atoms with Gasteiger partial charge in [-0.05, 0) is 55.0 Å².